The molecule has 0 unspecified atom stereocenters. The molecule has 0 amide bonds. The molecule has 0 fully saturated rings. The highest BCUT2D eigenvalue weighted by Crippen LogP contribution is 2.24. The molecule has 0 radical (unpaired) electrons. The van der Waals surface area contributed by atoms with Crippen LogP contribution in [0.15, 0.2) is 72.0 Å². The predicted octanol–water partition coefficient (Wildman–Crippen LogP) is 4.57. The summed E-state index contributed by atoms with van der Waals surface area (Å²) in [5.41, 5.74) is 1.18. The van der Waals surface area contributed by atoms with Crippen molar-refractivity contribution in [2.45, 2.75) is 6.04 Å². The second-order valence-corrected chi connectivity index (χ2v) is 5.34. The normalized spacial score (nSPS) is 12.5. The quantitative estimate of drug-likeness (QED) is 0.648. The summed E-state index contributed by atoms with van der Waals surface area (Å²) in [6.45, 7) is 3.93. The van der Waals surface area contributed by atoms with Gasteiger partial charge in [0.25, 0.3) is 0 Å². The highest BCUT2D eigenvalue weighted by molar-refractivity contribution is 9.10. The molecule has 0 aliphatic carbocycles. The summed E-state index contributed by atoms with van der Waals surface area (Å²) in [6.07, 6.45) is 5.66. The third-order valence-electron chi connectivity index (χ3n) is 3.19. The van der Waals surface area contributed by atoms with Crippen LogP contribution in [0.3, 0.4) is 0 Å². The first-order valence-corrected chi connectivity index (χ1v) is 6.88. The van der Waals surface area contributed by atoms with Crippen molar-refractivity contribution in [2.75, 3.05) is 0 Å². The van der Waals surface area contributed by atoms with Crippen LogP contribution in [0.2, 0.25) is 0 Å². The van der Waals surface area contributed by atoms with Crippen LogP contribution in [0.1, 0.15) is 11.6 Å². The van der Waals surface area contributed by atoms with Crippen molar-refractivity contribution < 1.29 is 0 Å². The van der Waals surface area contributed by atoms with Gasteiger partial charge in [0.2, 0.25) is 0 Å². The molecule has 1 atom stereocenters. The van der Waals surface area contributed by atoms with Crippen LogP contribution in [0.5, 0.6) is 0 Å². The minimum absolute atomic E-state index is 0.0518. The van der Waals surface area contributed by atoms with E-state index in [-0.39, 0.29) is 6.04 Å². The zero-order valence-electron chi connectivity index (χ0n) is 10.3. The molecule has 3 heteroatoms. The fourth-order valence-electron chi connectivity index (χ4n) is 2.26. The van der Waals surface area contributed by atoms with Gasteiger partial charge >= 0.3 is 0 Å². The molecular weight excluding hydrogens is 300 g/mol. The molecule has 0 saturated carbocycles. The van der Waals surface area contributed by atoms with Gasteiger partial charge < -0.3 is 0 Å². The Bertz CT molecular complexity index is 730. The molecule has 0 bridgehead atoms. The predicted molar refractivity (Wildman–Crippen MR) is 82.2 cm³/mol. The van der Waals surface area contributed by atoms with Crippen molar-refractivity contribution in [3.63, 3.8) is 0 Å². The van der Waals surface area contributed by atoms with Crippen LogP contribution in [-0.2, 0) is 0 Å². The lowest BCUT2D eigenvalue weighted by Gasteiger charge is -2.14. The van der Waals surface area contributed by atoms with Gasteiger partial charge in [-0.25, -0.2) is 0 Å². The van der Waals surface area contributed by atoms with Crippen LogP contribution in [0, 0.1) is 0 Å². The van der Waals surface area contributed by atoms with E-state index in [1.165, 1.54) is 16.3 Å². The number of allylic oxidation sites excluding steroid dienone is 1. The maximum Gasteiger partial charge on any atom is 0.0947 e. The fourth-order valence-corrected chi connectivity index (χ4v) is 2.56. The van der Waals surface area contributed by atoms with Gasteiger partial charge in [0.1, 0.15) is 0 Å². The zero-order valence-corrected chi connectivity index (χ0v) is 11.9. The second-order valence-electron chi connectivity index (χ2n) is 4.43. The summed E-state index contributed by atoms with van der Waals surface area (Å²) in [6, 6.07) is 14.9. The van der Waals surface area contributed by atoms with Gasteiger partial charge in [-0.15, -0.1) is 6.58 Å². The molecule has 3 aromatic rings. The lowest BCUT2D eigenvalue weighted by atomic mass is 10.0. The first-order valence-electron chi connectivity index (χ1n) is 6.09. The highest BCUT2D eigenvalue weighted by atomic mass is 79.9. The summed E-state index contributed by atoms with van der Waals surface area (Å²) < 4.78 is 2.88. The van der Waals surface area contributed by atoms with Crippen LogP contribution in [0.4, 0.5) is 0 Å². The topological polar surface area (TPSA) is 17.8 Å². The third-order valence-corrected chi connectivity index (χ3v) is 3.60. The number of benzene rings is 2. The third kappa shape index (κ3) is 2.34. The van der Waals surface area contributed by atoms with Crippen molar-refractivity contribution >= 4 is 26.7 Å². The molecule has 94 valence electrons. The summed E-state index contributed by atoms with van der Waals surface area (Å²) in [7, 11) is 0. The molecule has 0 N–H and O–H groups in total. The zero-order chi connectivity index (χ0) is 13.2. The molecule has 2 aromatic carbocycles. The van der Waals surface area contributed by atoms with Gasteiger partial charge in [-0.2, -0.15) is 5.10 Å². The Kier molecular flexibility index (Phi) is 3.22. The second kappa shape index (κ2) is 5.02. The van der Waals surface area contributed by atoms with E-state index >= 15 is 0 Å². The lowest BCUT2D eigenvalue weighted by molar-refractivity contribution is 0.613. The van der Waals surface area contributed by atoms with E-state index in [2.05, 4.69) is 70.1 Å². The SMILES string of the molecule is C=C[C@H](c1ccc2ccccc2c1)n1cc(Br)cn1. The lowest BCUT2D eigenvalue weighted by Crippen LogP contribution is -2.08. The highest BCUT2D eigenvalue weighted by Gasteiger charge is 2.11. The maximum atomic E-state index is 4.34. The molecular formula is C16H13BrN2. The molecule has 2 nitrogen and oxygen atoms in total. The van der Waals surface area contributed by atoms with E-state index in [0.717, 1.165) is 4.47 Å². The smallest absolute Gasteiger partial charge is 0.0947 e. The molecule has 0 aliphatic rings. The Morgan fingerprint density at radius 3 is 2.63 bits per heavy atom. The number of hydrogen-bond acceptors (Lipinski definition) is 1. The van der Waals surface area contributed by atoms with E-state index in [1.54, 1.807) is 6.20 Å². The van der Waals surface area contributed by atoms with Crippen LogP contribution < -0.4 is 0 Å². The van der Waals surface area contributed by atoms with E-state index in [0.29, 0.717) is 0 Å². The number of hydrogen-bond donors (Lipinski definition) is 0. The summed E-state index contributed by atoms with van der Waals surface area (Å²) >= 11 is 3.42. The molecule has 0 spiro atoms. The molecule has 1 aromatic heterocycles. The molecule has 0 aliphatic heterocycles. The average molecular weight is 313 g/mol. The molecule has 1 heterocycles. The van der Waals surface area contributed by atoms with E-state index < -0.39 is 0 Å². The number of fused-ring (bicyclic) bond motifs is 1. The minimum atomic E-state index is 0.0518. The van der Waals surface area contributed by atoms with Crippen molar-refractivity contribution in [1.82, 2.24) is 9.78 Å². The molecule has 19 heavy (non-hydrogen) atoms. The van der Waals surface area contributed by atoms with Crippen LogP contribution in [0.25, 0.3) is 10.8 Å². The summed E-state index contributed by atoms with van der Waals surface area (Å²) in [5.74, 6) is 0. The van der Waals surface area contributed by atoms with Gasteiger partial charge in [0, 0.05) is 6.20 Å². The minimum Gasteiger partial charge on any atom is -0.260 e. The fraction of sp³-hybridized carbons (Fsp3) is 0.0625. The number of halogens is 1. The first kappa shape index (κ1) is 12.2. The van der Waals surface area contributed by atoms with Crippen molar-refractivity contribution in [3.05, 3.63) is 77.5 Å². The maximum absolute atomic E-state index is 4.34. The standard InChI is InChI=1S/C16H13BrN2/c1-2-16(19-11-15(17)10-18-19)14-8-7-12-5-3-4-6-13(12)9-14/h2-11,16H,1H2/t16-/m1/s1. The van der Waals surface area contributed by atoms with Crippen molar-refractivity contribution in [1.29, 1.82) is 0 Å². The Morgan fingerprint density at radius 2 is 1.95 bits per heavy atom. The van der Waals surface area contributed by atoms with Crippen molar-refractivity contribution in [3.8, 4) is 0 Å². The van der Waals surface area contributed by atoms with Gasteiger partial charge in [-0.05, 0) is 38.3 Å². The van der Waals surface area contributed by atoms with Gasteiger partial charge in [0.05, 0.1) is 16.7 Å². The molecule has 3 rings (SSSR count). The largest absolute Gasteiger partial charge is 0.260 e. The first-order chi connectivity index (χ1) is 9.28. The number of nitrogens with zero attached hydrogens (tertiary/aromatic N) is 2. The summed E-state index contributed by atoms with van der Waals surface area (Å²) in [5, 5.41) is 6.82. The average Bonchev–Trinajstić information content (AvgIpc) is 2.86. The monoisotopic (exact) mass is 312 g/mol. The van der Waals surface area contributed by atoms with Crippen LogP contribution in [-0.4, -0.2) is 9.78 Å². The molecule has 0 saturated heterocycles. The van der Waals surface area contributed by atoms with E-state index in [4.69, 9.17) is 0 Å². The Balaban J connectivity index is 2.08. The van der Waals surface area contributed by atoms with Gasteiger partial charge in [0.15, 0.2) is 0 Å². The Morgan fingerprint density at radius 1 is 1.16 bits per heavy atom. The van der Waals surface area contributed by atoms with E-state index in [9.17, 15) is 0 Å². The Hall–Kier alpha value is -1.87. The number of rotatable bonds is 3. The van der Waals surface area contributed by atoms with Gasteiger partial charge in [-0.3, -0.25) is 4.68 Å². The summed E-state index contributed by atoms with van der Waals surface area (Å²) in [4.78, 5) is 0. The number of aromatic nitrogens is 2. The van der Waals surface area contributed by atoms with Crippen molar-refractivity contribution in [2.24, 2.45) is 0 Å². The Labute approximate surface area is 120 Å². The van der Waals surface area contributed by atoms with E-state index in [1.807, 2.05) is 17.0 Å². The van der Waals surface area contributed by atoms with Gasteiger partial charge in [-0.1, -0.05) is 42.5 Å². The van der Waals surface area contributed by atoms with Crippen LogP contribution >= 0.6 is 15.9 Å².